The fraction of sp³-hybridized carbons (Fsp3) is 0.231. The van der Waals surface area contributed by atoms with Gasteiger partial charge in [-0.25, -0.2) is 0 Å². The van der Waals surface area contributed by atoms with Crippen molar-refractivity contribution in [3.8, 4) is 5.75 Å². The van der Waals surface area contributed by atoms with E-state index >= 15 is 0 Å². The molecule has 3 aromatic rings. The number of amides is 2. The summed E-state index contributed by atoms with van der Waals surface area (Å²) in [6, 6.07) is 22.8. The fourth-order valence-electron chi connectivity index (χ4n) is 3.80. The van der Waals surface area contributed by atoms with Crippen LogP contribution in [-0.2, 0) is 4.79 Å². The average molecular weight is 447 g/mol. The average Bonchev–Trinajstić information content (AvgIpc) is 3.20. The van der Waals surface area contributed by atoms with Gasteiger partial charge in [-0.2, -0.15) is 0 Å². The molecule has 0 spiro atoms. The third kappa shape index (κ3) is 4.50. The molecule has 1 aliphatic heterocycles. The second-order valence-corrected chi connectivity index (χ2v) is 9.01. The maximum absolute atomic E-state index is 12.8. The molecule has 1 fully saturated rings. The first-order valence-electron chi connectivity index (χ1n) is 10.6. The number of anilines is 2. The van der Waals surface area contributed by atoms with Crippen LogP contribution in [0.4, 0.5) is 11.4 Å². The summed E-state index contributed by atoms with van der Waals surface area (Å²) in [6.07, 6.45) is 0. The van der Waals surface area contributed by atoms with Crippen molar-refractivity contribution in [2.24, 2.45) is 0 Å². The molecule has 2 amide bonds. The van der Waals surface area contributed by atoms with E-state index < -0.39 is 0 Å². The molecule has 1 saturated heterocycles. The van der Waals surface area contributed by atoms with Gasteiger partial charge in [0, 0.05) is 16.9 Å². The number of ether oxygens (including phenoxy) is 1. The molecule has 1 heterocycles. The first-order chi connectivity index (χ1) is 15.5. The van der Waals surface area contributed by atoms with Crippen LogP contribution in [0.25, 0.3) is 0 Å². The van der Waals surface area contributed by atoms with Crippen LogP contribution in [-0.4, -0.2) is 24.7 Å². The number of rotatable bonds is 6. The standard InChI is InChI=1S/C26H26N2O3S/c1-17(2)22-6-4-5-7-23(22)28-24(29)16-32-26(28)19-8-12-20(13-9-19)27-25(30)18-10-14-21(31-3)15-11-18/h4-15,17,26H,16H2,1-3H3,(H,27,30). The summed E-state index contributed by atoms with van der Waals surface area (Å²) in [5.74, 6) is 1.41. The van der Waals surface area contributed by atoms with Crippen molar-refractivity contribution >= 4 is 35.0 Å². The van der Waals surface area contributed by atoms with E-state index in [4.69, 9.17) is 4.74 Å². The minimum atomic E-state index is -0.182. The molecule has 1 unspecified atom stereocenters. The van der Waals surface area contributed by atoms with Gasteiger partial charge in [0.25, 0.3) is 5.91 Å². The Morgan fingerprint density at radius 3 is 2.38 bits per heavy atom. The molecule has 1 atom stereocenters. The van der Waals surface area contributed by atoms with Gasteiger partial charge in [-0.3, -0.25) is 14.5 Å². The van der Waals surface area contributed by atoms with E-state index in [0.29, 0.717) is 28.7 Å². The van der Waals surface area contributed by atoms with Crippen molar-refractivity contribution < 1.29 is 14.3 Å². The van der Waals surface area contributed by atoms with Crippen LogP contribution in [0.15, 0.2) is 72.8 Å². The van der Waals surface area contributed by atoms with Crippen molar-refractivity contribution in [3.05, 3.63) is 89.5 Å². The summed E-state index contributed by atoms with van der Waals surface area (Å²) < 4.78 is 5.14. The number of nitrogens with one attached hydrogen (secondary N) is 1. The minimum Gasteiger partial charge on any atom is -0.497 e. The van der Waals surface area contributed by atoms with Crippen LogP contribution in [0.5, 0.6) is 5.75 Å². The first-order valence-corrected chi connectivity index (χ1v) is 11.6. The van der Waals surface area contributed by atoms with Gasteiger partial charge in [-0.15, -0.1) is 11.8 Å². The molecule has 1 aliphatic rings. The second kappa shape index (κ2) is 9.49. The molecule has 0 aromatic heterocycles. The van der Waals surface area contributed by atoms with Gasteiger partial charge in [0.05, 0.1) is 12.9 Å². The van der Waals surface area contributed by atoms with E-state index in [1.165, 1.54) is 0 Å². The third-order valence-corrected chi connectivity index (χ3v) is 6.70. The molecule has 1 N–H and O–H groups in total. The predicted molar refractivity (Wildman–Crippen MR) is 131 cm³/mol. The lowest BCUT2D eigenvalue weighted by molar-refractivity contribution is -0.115. The summed E-state index contributed by atoms with van der Waals surface area (Å²) >= 11 is 1.62. The van der Waals surface area contributed by atoms with E-state index in [1.54, 1.807) is 43.1 Å². The SMILES string of the molecule is COc1ccc(C(=O)Nc2ccc(C3SCC(=O)N3c3ccccc3C(C)C)cc2)cc1. The molecule has 5 nitrogen and oxygen atoms in total. The normalized spacial score (nSPS) is 15.8. The lowest BCUT2D eigenvalue weighted by Crippen LogP contribution is -2.29. The van der Waals surface area contributed by atoms with E-state index in [0.717, 1.165) is 16.8 Å². The molecule has 32 heavy (non-hydrogen) atoms. The number of para-hydroxylation sites is 1. The maximum atomic E-state index is 12.8. The summed E-state index contributed by atoms with van der Waals surface area (Å²) in [6.45, 7) is 4.28. The zero-order valence-electron chi connectivity index (χ0n) is 18.4. The van der Waals surface area contributed by atoms with E-state index in [9.17, 15) is 9.59 Å². The zero-order valence-corrected chi connectivity index (χ0v) is 19.2. The number of hydrogen-bond donors (Lipinski definition) is 1. The summed E-state index contributed by atoms with van der Waals surface area (Å²) in [7, 11) is 1.59. The fourth-order valence-corrected chi connectivity index (χ4v) is 4.97. The molecular weight excluding hydrogens is 420 g/mol. The molecule has 0 bridgehead atoms. The van der Waals surface area contributed by atoms with Gasteiger partial charge in [0.2, 0.25) is 5.91 Å². The predicted octanol–water partition coefficient (Wildman–Crippen LogP) is 5.85. The molecule has 6 heteroatoms. The lowest BCUT2D eigenvalue weighted by atomic mass is 10.00. The highest BCUT2D eigenvalue weighted by Gasteiger charge is 2.35. The zero-order chi connectivity index (χ0) is 22.7. The summed E-state index contributed by atoms with van der Waals surface area (Å²) in [5, 5.41) is 2.83. The summed E-state index contributed by atoms with van der Waals surface area (Å²) in [5.41, 5.74) is 4.43. The van der Waals surface area contributed by atoms with E-state index in [-0.39, 0.29) is 17.2 Å². The first kappa shape index (κ1) is 22.0. The number of carbonyl (C=O) groups is 2. The van der Waals surface area contributed by atoms with Gasteiger partial charge in [0.15, 0.2) is 0 Å². The van der Waals surface area contributed by atoms with Gasteiger partial charge in [-0.1, -0.05) is 44.2 Å². The smallest absolute Gasteiger partial charge is 0.255 e. The number of carbonyl (C=O) groups excluding carboxylic acids is 2. The Balaban J connectivity index is 1.53. The number of nitrogens with zero attached hydrogens (tertiary/aromatic N) is 1. The topological polar surface area (TPSA) is 58.6 Å². The van der Waals surface area contributed by atoms with Gasteiger partial charge >= 0.3 is 0 Å². The van der Waals surface area contributed by atoms with Crippen molar-refractivity contribution in [2.75, 3.05) is 23.1 Å². The molecule has 164 valence electrons. The number of thioether (sulfide) groups is 1. The highest BCUT2D eigenvalue weighted by Crippen LogP contribution is 2.44. The minimum absolute atomic E-state index is 0.0891. The van der Waals surface area contributed by atoms with Crippen LogP contribution in [0.1, 0.15) is 46.6 Å². The molecule has 0 aliphatic carbocycles. The Bertz CT molecular complexity index is 1110. The van der Waals surface area contributed by atoms with Crippen LogP contribution in [0.3, 0.4) is 0 Å². The Hall–Kier alpha value is -3.25. The van der Waals surface area contributed by atoms with Crippen molar-refractivity contribution in [1.29, 1.82) is 0 Å². The number of benzene rings is 3. The number of hydrogen-bond acceptors (Lipinski definition) is 4. The van der Waals surface area contributed by atoms with Crippen LogP contribution in [0, 0.1) is 0 Å². The Labute approximate surface area is 192 Å². The maximum Gasteiger partial charge on any atom is 0.255 e. The van der Waals surface area contributed by atoms with E-state index in [1.807, 2.05) is 47.4 Å². The Morgan fingerprint density at radius 1 is 1.03 bits per heavy atom. The van der Waals surface area contributed by atoms with Crippen molar-refractivity contribution in [1.82, 2.24) is 0 Å². The van der Waals surface area contributed by atoms with Crippen molar-refractivity contribution in [3.63, 3.8) is 0 Å². The van der Waals surface area contributed by atoms with Crippen molar-refractivity contribution in [2.45, 2.75) is 25.1 Å². The van der Waals surface area contributed by atoms with Crippen LogP contribution in [0.2, 0.25) is 0 Å². The molecule has 3 aromatic carbocycles. The van der Waals surface area contributed by atoms with Gasteiger partial charge in [0.1, 0.15) is 11.1 Å². The quantitative estimate of drug-likeness (QED) is 0.516. The molecule has 0 saturated carbocycles. The molecular formula is C26H26N2O3S. The van der Waals surface area contributed by atoms with Crippen LogP contribution < -0.4 is 15.0 Å². The second-order valence-electron chi connectivity index (χ2n) is 7.95. The highest BCUT2D eigenvalue weighted by molar-refractivity contribution is 8.00. The van der Waals surface area contributed by atoms with Gasteiger partial charge < -0.3 is 10.1 Å². The monoisotopic (exact) mass is 446 g/mol. The summed E-state index contributed by atoms with van der Waals surface area (Å²) in [4.78, 5) is 27.2. The molecule has 4 rings (SSSR count). The van der Waals surface area contributed by atoms with Crippen LogP contribution >= 0.6 is 11.8 Å². The third-order valence-electron chi connectivity index (χ3n) is 5.49. The largest absolute Gasteiger partial charge is 0.497 e. The highest BCUT2D eigenvalue weighted by atomic mass is 32.2. The lowest BCUT2D eigenvalue weighted by Gasteiger charge is -2.27. The molecule has 0 radical (unpaired) electrons. The van der Waals surface area contributed by atoms with Gasteiger partial charge in [-0.05, 0) is 59.5 Å². The Kier molecular flexibility index (Phi) is 6.51. The van der Waals surface area contributed by atoms with E-state index in [2.05, 4.69) is 25.2 Å². The Morgan fingerprint density at radius 2 is 1.72 bits per heavy atom. The number of methoxy groups -OCH3 is 1.